The fraction of sp³-hybridized carbons (Fsp3) is 0.467. The lowest BCUT2D eigenvalue weighted by atomic mass is 9.98. The Labute approximate surface area is 686 Å². The minimum atomic E-state index is -2.76. The minimum Gasteiger partial charge on any atom is -0.548 e. The number of hydrogen-bond donors (Lipinski definition) is 24. The molecule has 0 radical (unpaired) electrons. The number of aliphatic carboxylic acids is 1. The van der Waals surface area contributed by atoms with Gasteiger partial charge in [0.05, 0.1) is 63.0 Å². The number of aromatic nitrogens is 2. The average Bonchev–Trinajstić information content (AvgIpc) is 1.68. The van der Waals surface area contributed by atoms with Crippen LogP contribution in [0.25, 0.3) is 6.08 Å². The Morgan fingerprint density at radius 1 is 0.597 bits per heavy atom. The molecular formula is C75H97BrN16O27. The Bertz CT molecular complexity index is 4350. The van der Waals surface area contributed by atoms with E-state index in [0.29, 0.717) is 21.2 Å². The number of allylic oxidation sites excluding steroid dienone is 2. The number of ether oxygens (including phenoxy) is 1. The third kappa shape index (κ3) is 27.8. The number of carbonyl (C=O) groups excluding carboxylic acids is 15. The molecule has 3 aliphatic heterocycles. The van der Waals surface area contributed by atoms with Crippen molar-refractivity contribution in [3.8, 4) is 0 Å². The number of nitrogens with zero attached hydrogens (tertiary/aromatic N) is 2. The molecule has 0 spiro atoms. The van der Waals surface area contributed by atoms with Gasteiger partial charge in [0.1, 0.15) is 103 Å². The number of carboxylic acids is 1. The number of benzene rings is 3. The highest BCUT2D eigenvalue weighted by molar-refractivity contribution is 9.10. The third-order valence-electron chi connectivity index (χ3n) is 19.2. The average molecular weight is 1730 g/mol. The van der Waals surface area contributed by atoms with Gasteiger partial charge in [-0.25, -0.2) is 9.13 Å². The second-order valence-corrected chi connectivity index (χ2v) is 29.3. The summed E-state index contributed by atoms with van der Waals surface area (Å²) in [7, 11) is 0. The summed E-state index contributed by atoms with van der Waals surface area (Å²) < 4.78 is 8.24. The molecule has 119 heavy (non-hydrogen) atoms. The molecule has 3 aromatic carbocycles. The maximum absolute atomic E-state index is 15.3. The van der Waals surface area contributed by atoms with E-state index in [-0.39, 0.29) is 5.56 Å². The van der Waals surface area contributed by atoms with Crippen LogP contribution in [0.3, 0.4) is 0 Å². The Morgan fingerprint density at radius 3 is 1.76 bits per heavy atom. The molecule has 1 fully saturated rings. The first-order chi connectivity index (χ1) is 56.4. The van der Waals surface area contributed by atoms with Crippen LogP contribution in [0, 0.1) is 0 Å². The van der Waals surface area contributed by atoms with Crippen molar-refractivity contribution < 1.29 is 137 Å². The van der Waals surface area contributed by atoms with Crippen LogP contribution in [0.4, 0.5) is 0 Å². The van der Waals surface area contributed by atoms with Gasteiger partial charge in [0.2, 0.25) is 89.3 Å². The fourth-order valence-electron chi connectivity index (χ4n) is 12.7. The number of aliphatic hydroxyl groups is 10. The van der Waals surface area contributed by atoms with E-state index < -0.39 is 300 Å². The van der Waals surface area contributed by atoms with Gasteiger partial charge in [-0.2, -0.15) is 0 Å². The molecule has 1 saturated heterocycles. The molecule has 0 saturated carbocycles. The highest BCUT2D eigenvalue weighted by Gasteiger charge is 2.49. The molecule has 20 atom stereocenters. The number of amides is 14. The lowest BCUT2D eigenvalue weighted by molar-refractivity contribution is -0.697. The van der Waals surface area contributed by atoms with Crippen molar-refractivity contribution in [3.63, 3.8) is 0 Å². The molecule has 26 N–H and O–H groups in total. The summed E-state index contributed by atoms with van der Waals surface area (Å²) in [6.45, 7) is -3.31. The second kappa shape index (κ2) is 44.8. The maximum Gasteiger partial charge on any atom is 0.251 e. The van der Waals surface area contributed by atoms with Crippen LogP contribution in [-0.2, 0) is 102 Å². The molecule has 646 valence electrons. The number of hydrogen-bond acceptors (Lipinski definition) is 27. The number of primary amides is 2. The molecule has 2 unspecified atom stereocenters. The zero-order valence-corrected chi connectivity index (χ0v) is 65.6. The number of aliphatic hydroxyl groups excluding tert-OH is 10. The van der Waals surface area contributed by atoms with Crippen molar-refractivity contribution in [2.24, 2.45) is 11.5 Å². The number of carbonyl (C=O) groups is 15. The molecule has 14 amide bonds. The molecule has 7 rings (SSSR count). The van der Waals surface area contributed by atoms with Gasteiger partial charge in [-0.3, -0.25) is 67.1 Å². The van der Waals surface area contributed by atoms with E-state index in [0.717, 1.165) is 28.6 Å². The van der Waals surface area contributed by atoms with Crippen molar-refractivity contribution in [2.45, 2.75) is 193 Å². The van der Waals surface area contributed by atoms with E-state index in [4.69, 9.17) is 16.2 Å². The monoisotopic (exact) mass is 1730 g/mol. The number of β-amino-alcohol motifs (C(OH)–C–C–N with tert-alkyl or cyclic N) is 1. The first-order valence-electron chi connectivity index (χ1n) is 37.3. The summed E-state index contributed by atoms with van der Waals surface area (Å²) in [5, 5.41) is 151. The molecule has 1 aromatic heterocycles. The summed E-state index contributed by atoms with van der Waals surface area (Å²) >= 11 is 3.26. The summed E-state index contributed by atoms with van der Waals surface area (Å²) in [5.41, 5.74) is 12.4. The number of fused-ring (bicyclic) bond motifs is 2. The summed E-state index contributed by atoms with van der Waals surface area (Å²) in [6, 6.07) is -0.830. The molecular weight excluding hydrogens is 1640 g/mol. The van der Waals surface area contributed by atoms with Crippen molar-refractivity contribution in [2.75, 3.05) is 26.4 Å². The largest absolute Gasteiger partial charge is 0.548 e. The van der Waals surface area contributed by atoms with E-state index in [1.807, 2.05) is 10.6 Å². The van der Waals surface area contributed by atoms with E-state index in [1.54, 1.807) is 67.6 Å². The number of nitrogens with two attached hydrogens (primary N) is 2. The second-order valence-electron chi connectivity index (χ2n) is 28.4. The molecule has 4 heterocycles. The van der Waals surface area contributed by atoms with Crippen LogP contribution >= 0.6 is 15.9 Å². The highest BCUT2D eigenvalue weighted by Crippen LogP contribution is 2.30. The first-order valence-corrected chi connectivity index (χ1v) is 38.1. The summed E-state index contributed by atoms with van der Waals surface area (Å²) in [6.07, 6.45) is -19.1. The molecule has 44 heteroatoms. The van der Waals surface area contributed by atoms with Crippen LogP contribution in [0.15, 0.2) is 120 Å². The Morgan fingerprint density at radius 2 is 1.15 bits per heavy atom. The van der Waals surface area contributed by atoms with Gasteiger partial charge in [0.25, 0.3) is 5.91 Å². The molecule has 4 aromatic rings. The van der Waals surface area contributed by atoms with Crippen molar-refractivity contribution in [1.29, 1.82) is 0 Å². The highest BCUT2D eigenvalue weighted by atomic mass is 79.9. The standard InChI is InChI=1S/C75H97BrN16O27/c1-35(16-17-37-10-5-3-6-11-37)22-51(97)43-27-56(101)81-49(31-93)69(112)87-48-30-91-29-41(92(34-91)74-62(105)61(104)59(102)53(33-95)119-74)25-46(66(109)89-57(36(2)96)72(115)88-50(32-94)70(113)84-45(65(108)83-43)23-38-12-7-4-8-13-38)80-55(100)15-9-14-42(75(117)118)82-71(114)52(98)28-79-64(107)44(24-39-18-20-40(76)21-19-39)86-73(116)58(60(103)63(78)106)90-67(110)47(26-54(77)99)85-68(48)111/h3-8,10-13,16-22,29,34,36,42-53,57-62,74,93-98,102-105H,9,14-15,23-28,30-33H2,1-2H3,(H16-,77,78,79,80,81,82,83,84,85,86,87,88,89,90,99,100,101,106,107,108,109,110,111,112,113,114,115,116,117,118)/b17-16+,35-22+/t36-,42-,43-,44-,45-,46?,47-,48?,49-,50-,51-,52-,53-,57-,58-,59+,60+,61+,62-,74-/m0/s1. The predicted molar refractivity (Wildman–Crippen MR) is 409 cm³/mol. The van der Waals surface area contributed by atoms with Crippen LogP contribution in [0.1, 0.15) is 74.6 Å². The summed E-state index contributed by atoms with van der Waals surface area (Å²) in [4.78, 5) is 214. The van der Waals surface area contributed by atoms with E-state index >= 15 is 9.59 Å². The maximum atomic E-state index is 15.3. The smallest absolute Gasteiger partial charge is 0.251 e. The van der Waals surface area contributed by atoms with Gasteiger partial charge < -0.3 is 141 Å². The lowest BCUT2D eigenvalue weighted by Gasteiger charge is -2.38. The van der Waals surface area contributed by atoms with Gasteiger partial charge in [0, 0.05) is 36.6 Å². The number of halogens is 1. The van der Waals surface area contributed by atoms with E-state index in [9.17, 15) is 119 Å². The SMILES string of the molecule is CC(/C=C/c1ccccc1)=C\[C@H](O)[C@@H]1CC(=O)N[C@@H](CO)C(=O)NC2C[n+]3cc(n([C@H]4O[C@@H](CO)[C@@H](O)[C@@H](O)[C@@H]4O)c3)CC(NC(=O)CCC[C@@H](C(=O)[O-])NC(=O)[C@@H](O)CNC(=O)[C@H](Cc3ccc(Br)cc3)NC(=O)[C@H]([C@@H](O)C(N)=O)NC(=O)[C@H](CC(N)=O)NC2=O)C(=O)N[C@@H]([C@H](C)O)C(=O)N[C@@H](CO)C(=O)N[C@@H](Cc2ccccc2)C(=O)N1. The predicted octanol–water partition coefficient (Wildman–Crippen LogP) is -12.2. The minimum absolute atomic E-state index is 0.274. The quantitative estimate of drug-likeness (QED) is 0.0325. The van der Waals surface area contributed by atoms with Crippen LogP contribution in [-0.4, -0.2) is 286 Å². The molecule has 0 aliphatic carbocycles. The Kier molecular flexibility index (Phi) is 35.6. The topological polar surface area (TPSA) is 696 Å². The third-order valence-corrected chi connectivity index (χ3v) is 19.7. The molecule has 4 bridgehead atoms. The van der Waals surface area contributed by atoms with Crippen molar-refractivity contribution in [3.05, 3.63) is 142 Å². The van der Waals surface area contributed by atoms with Crippen LogP contribution < -0.4 is 84.9 Å². The van der Waals surface area contributed by atoms with Gasteiger partial charge in [0.15, 0.2) is 6.10 Å². The normalized spacial score (nSPS) is 28.2. The van der Waals surface area contributed by atoms with Crippen LogP contribution in [0.5, 0.6) is 0 Å². The molecule has 43 nitrogen and oxygen atoms in total. The van der Waals surface area contributed by atoms with Gasteiger partial charge in [-0.05, 0) is 55.5 Å². The van der Waals surface area contributed by atoms with Gasteiger partial charge in [-0.15, -0.1) is 0 Å². The lowest BCUT2D eigenvalue weighted by Crippen LogP contribution is -2.64. The molecule has 3 aliphatic rings. The Balaban J connectivity index is 1.44. The van der Waals surface area contributed by atoms with E-state index in [2.05, 4.69) is 69.1 Å². The van der Waals surface area contributed by atoms with Crippen molar-refractivity contribution in [1.82, 2.24) is 68.4 Å². The number of rotatable bonds is 18. The number of imidazole rings is 1. The van der Waals surface area contributed by atoms with E-state index in [1.165, 1.54) is 42.5 Å². The number of carboxylic acid groups (broad SMARTS) is 1. The zero-order chi connectivity index (χ0) is 87.6. The summed E-state index contributed by atoms with van der Waals surface area (Å²) in [5.74, 6) is -22.0. The van der Waals surface area contributed by atoms with Gasteiger partial charge in [-0.1, -0.05) is 113 Å². The fourth-order valence-corrected chi connectivity index (χ4v) is 12.9. The first kappa shape index (κ1) is 94.6. The number of nitrogens with one attached hydrogen (secondary N) is 12. The Hall–Kier alpha value is -11.6. The van der Waals surface area contributed by atoms with Gasteiger partial charge >= 0.3 is 0 Å². The zero-order valence-electron chi connectivity index (χ0n) is 64.0. The van der Waals surface area contributed by atoms with Crippen molar-refractivity contribution >= 4 is 111 Å². The van der Waals surface area contributed by atoms with Crippen LogP contribution in [0.2, 0.25) is 0 Å².